The van der Waals surface area contributed by atoms with Gasteiger partial charge >= 0.3 is 6.18 Å². The number of rotatable bonds is 5. The Bertz CT molecular complexity index is 1330. The van der Waals surface area contributed by atoms with Crippen molar-refractivity contribution in [3.63, 3.8) is 0 Å². The van der Waals surface area contributed by atoms with E-state index in [-0.39, 0.29) is 17.7 Å². The molecule has 158 valence electrons. The average molecular weight is 430 g/mol. The Morgan fingerprint density at radius 2 is 1.90 bits per heavy atom. The van der Waals surface area contributed by atoms with E-state index in [1.807, 2.05) is 0 Å². The third kappa shape index (κ3) is 4.08. The number of tetrazole rings is 1. The molecule has 0 unspecified atom stereocenters. The highest BCUT2D eigenvalue weighted by Crippen LogP contribution is 2.35. The minimum atomic E-state index is -4.84. The lowest BCUT2D eigenvalue weighted by Crippen LogP contribution is -2.27. The number of primary amides is 1. The highest BCUT2D eigenvalue weighted by atomic mass is 19.4. The van der Waals surface area contributed by atoms with E-state index in [9.17, 15) is 22.8 Å². The first-order chi connectivity index (χ1) is 14.7. The molecule has 31 heavy (non-hydrogen) atoms. The monoisotopic (exact) mass is 430 g/mol. The lowest BCUT2D eigenvalue weighted by molar-refractivity contribution is -0.140. The summed E-state index contributed by atoms with van der Waals surface area (Å²) in [4.78, 5) is 24.9. The highest BCUT2D eigenvalue weighted by Gasteiger charge is 2.36. The molecule has 0 saturated carbocycles. The first-order valence-corrected chi connectivity index (χ1v) is 8.76. The Hall–Kier alpha value is -4.22. The van der Waals surface area contributed by atoms with E-state index in [1.54, 1.807) is 23.3 Å². The van der Waals surface area contributed by atoms with Gasteiger partial charge in [0.15, 0.2) is 5.65 Å². The van der Waals surface area contributed by atoms with Gasteiger partial charge in [-0.25, -0.2) is 4.52 Å². The van der Waals surface area contributed by atoms with Crippen LogP contribution in [-0.2, 0) is 12.8 Å². The average Bonchev–Trinajstić information content (AvgIpc) is 3.19. The second kappa shape index (κ2) is 7.55. The predicted molar refractivity (Wildman–Crippen MR) is 101 cm³/mol. The zero-order valence-corrected chi connectivity index (χ0v) is 15.6. The number of carbonyl (C=O) groups excluding carboxylic acids is 1. The number of fused-ring (bicyclic) bond motifs is 1. The Kier molecular flexibility index (Phi) is 4.89. The number of aromatic nitrogens is 5. The van der Waals surface area contributed by atoms with Crippen LogP contribution in [0.3, 0.4) is 0 Å². The molecule has 4 rings (SSSR count). The van der Waals surface area contributed by atoms with Crippen LogP contribution in [0, 0.1) is 0 Å². The van der Waals surface area contributed by atoms with Crippen molar-refractivity contribution in [2.75, 3.05) is 0 Å². The molecule has 0 fully saturated rings. The molecule has 0 saturated heterocycles. The first kappa shape index (κ1) is 20.1. The Morgan fingerprint density at radius 1 is 1.16 bits per heavy atom. The molecule has 0 aliphatic carbocycles. The van der Waals surface area contributed by atoms with Crippen molar-refractivity contribution in [2.45, 2.75) is 12.8 Å². The predicted octanol–water partition coefficient (Wildman–Crippen LogP) is 2.18. The number of alkyl halides is 3. The number of hydrogen-bond acceptors (Lipinski definition) is 6. The number of nitrogens with one attached hydrogen (secondary N) is 1. The fraction of sp³-hybridized carbons (Fsp3) is 0.105. The van der Waals surface area contributed by atoms with Crippen molar-refractivity contribution in [2.24, 2.45) is 5.73 Å². The van der Waals surface area contributed by atoms with Gasteiger partial charge < -0.3 is 15.5 Å². The fourth-order valence-corrected chi connectivity index (χ4v) is 2.93. The largest absolute Gasteiger partial charge is 0.489 e. The van der Waals surface area contributed by atoms with Gasteiger partial charge in [0.1, 0.15) is 23.6 Å². The molecule has 0 aliphatic heterocycles. The van der Waals surface area contributed by atoms with E-state index < -0.39 is 28.9 Å². The highest BCUT2D eigenvalue weighted by molar-refractivity contribution is 5.94. The summed E-state index contributed by atoms with van der Waals surface area (Å²) in [5, 5.41) is 11.1. The van der Waals surface area contributed by atoms with Crippen LogP contribution < -0.4 is 16.0 Å². The van der Waals surface area contributed by atoms with Crippen LogP contribution in [0.15, 0.2) is 53.5 Å². The van der Waals surface area contributed by atoms with Gasteiger partial charge in [0.25, 0.3) is 11.5 Å². The summed E-state index contributed by atoms with van der Waals surface area (Å²) in [5.74, 6) is -0.729. The molecule has 3 heterocycles. The molecule has 0 aliphatic rings. The van der Waals surface area contributed by atoms with Crippen LogP contribution in [0.4, 0.5) is 13.2 Å². The van der Waals surface area contributed by atoms with Gasteiger partial charge in [-0.05, 0) is 51.9 Å². The summed E-state index contributed by atoms with van der Waals surface area (Å²) >= 11 is 0. The normalized spacial score (nSPS) is 11.6. The van der Waals surface area contributed by atoms with Gasteiger partial charge in [0.05, 0.1) is 0 Å². The number of amides is 1. The maximum absolute atomic E-state index is 13.4. The second-order valence-corrected chi connectivity index (χ2v) is 6.49. The molecule has 1 aromatic carbocycles. The molecular weight excluding hydrogens is 417 g/mol. The molecule has 3 N–H and O–H groups in total. The van der Waals surface area contributed by atoms with E-state index in [1.165, 1.54) is 28.8 Å². The Labute approximate surface area is 171 Å². The number of aromatic amines is 1. The topological polar surface area (TPSA) is 128 Å². The second-order valence-electron chi connectivity index (χ2n) is 6.49. The quantitative estimate of drug-likeness (QED) is 0.499. The van der Waals surface area contributed by atoms with Crippen molar-refractivity contribution in [1.82, 2.24) is 25.0 Å². The van der Waals surface area contributed by atoms with Crippen molar-refractivity contribution < 1.29 is 22.7 Å². The van der Waals surface area contributed by atoms with Crippen LogP contribution in [0.2, 0.25) is 0 Å². The standard InChI is InChI=1S/C19H13F3N6O3/c20-19(21,22)16-13(8-14(17(23)29)18(30)24-16)11-1-3-12(4-2-11)31-9-10-5-6-28-15(7-10)25-26-27-28/h1-8H,9H2,(H2,23,29)(H,24,30). The van der Waals surface area contributed by atoms with E-state index in [0.29, 0.717) is 11.4 Å². The SMILES string of the molecule is NC(=O)c1cc(-c2ccc(OCc3ccn4nnnc4c3)cc2)c(C(F)(F)F)[nH]c1=O. The molecule has 0 bridgehead atoms. The molecule has 12 heteroatoms. The van der Waals surface area contributed by atoms with Crippen molar-refractivity contribution in [3.05, 3.63) is 75.8 Å². The van der Waals surface area contributed by atoms with Gasteiger partial charge in [-0.3, -0.25) is 9.59 Å². The summed E-state index contributed by atoms with van der Waals surface area (Å²) in [6.45, 7) is 0.182. The van der Waals surface area contributed by atoms with Crippen molar-refractivity contribution in [3.8, 4) is 16.9 Å². The minimum absolute atomic E-state index is 0.120. The number of ether oxygens (including phenoxy) is 1. The van der Waals surface area contributed by atoms with Crippen molar-refractivity contribution >= 4 is 11.6 Å². The fourth-order valence-electron chi connectivity index (χ4n) is 2.93. The maximum atomic E-state index is 13.4. The van der Waals surface area contributed by atoms with E-state index >= 15 is 0 Å². The number of carbonyl (C=O) groups is 1. The molecule has 9 nitrogen and oxygen atoms in total. The first-order valence-electron chi connectivity index (χ1n) is 8.76. The summed E-state index contributed by atoms with van der Waals surface area (Å²) in [5.41, 5.74) is 3.12. The molecule has 0 radical (unpaired) electrons. The van der Waals surface area contributed by atoms with Crippen LogP contribution in [0.1, 0.15) is 21.6 Å². The third-order valence-corrected chi connectivity index (χ3v) is 4.42. The van der Waals surface area contributed by atoms with Crippen LogP contribution >= 0.6 is 0 Å². The van der Waals surface area contributed by atoms with Crippen molar-refractivity contribution in [1.29, 1.82) is 0 Å². The smallest absolute Gasteiger partial charge is 0.431 e. The Morgan fingerprint density at radius 3 is 2.58 bits per heavy atom. The number of hydrogen-bond donors (Lipinski definition) is 2. The zero-order valence-electron chi connectivity index (χ0n) is 15.6. The lowest BCUT2D eigenvalue weighted by Gasteiger charge is -2.14. The molecule has 1 amide bonds. The maximum Gasteiger partial charge on any atom is 0.431 e. The number of H-pyrrole nitrogens is 1. The summed E-state index contributed by atoms with van der Waals surface area (Å²) < 4.78 is 47.3. The molecule has 4 aromatic rings. The summed E-state index contributed by atoms with van der Waals surface area (Å²) in [6, 6.07) is 10.0. The van der Waals surface area contributed by atoms with Gasteiger partial charge in [-0.2, -0.15) is 13.2 Å². The number of benzene rings is 1. The molecular formula is C19H13F3N6O3. The third-order valence-electron chi connectivity index (χ3n) is 4.42. The van der Waals surface area contributed by atoms with E-state index in [0.717, 1.165) is 11.6 Å². The van der Waals surface area contributed by atoms with E-state index in [4.69, 9.17) is 10.5 Å². The van der Waals surface area contributed by atoms with Crippen LogP contribution in [-0.4, -0.2) is 30.9 Å². The number of nitrogens with zero attached hydrogens (tertiary/aromatic N) is 4. The van der Waals surface area contributed by atoms with Crippen LogP contribution in [0.5, 0.6) is 5.75 Å². The zero-order chi connectivity index (χ0) is 22.2. The minimum Gasteiger partial charge on any atom is -0.489 e. The van der Waals surface area contributed by atoms with Gasteiger partial charge in [0, 0.05) is 11.8 Å². The lowest BCUT2D eigenvalue weighted by atomic mass is 10.0. The molecule has 3 aromatic heterocycles. The molecule has 0 atom stereocenters. The van der Waals surface area contributed by atoms with Gasteiger partial charge in [-0.15, -0.1) is 5.10 Å². The summed E-state index contributed by atoms with van der Waals surface area (Å²) in [6.07, 6.45) is -3.17. The number of nitrogens with two attached hydrogens (primary N) is 1. The van der Waals surface area contributed by atoms with Gasteiger partial charge in [-0.1, -0.05) is 12.1 Å². The Balaban J connectivity index is 1.60. The van der Waals surface area contributed by atoms with Crippen LogP contribution in [0.25, 0.3) is 16.8 Å². The van der Waals surface area contributed by atoms with E-state index in [2.05, 4.69) is 15.5 Å². The number of pyridine rings is 2. The number of halogens is 3. The summed E-state index contributed by atoms with van der Waals surface area (Å²) in [7, 11) is 0. The van der Waals surface area contributed by atoms with Gasteiger partial charge in [0.2, 0.25) is 0 Å². The molecule has 0 spiro atoms.